The summed E-state index contributed by atoms with van der Waals surface area (Å²) in [5.41, 5.74) is 7.80. The number of carboxylic acid groups (broad SMARTS) is 1. The van der Waals surface area contributed by atoms with Crippen molar-refractivity contribution in [1.82, 2.24) is 9.55 Å². The molecule has 0 bridgehead atoms. The van der Waals surface area contributed by atoms with Gasteiger partial charge in [-0.2, -0.15) is 11.8 Å². The number of rotatable bonds is 6. The van der Waals surface area contributed by atoms with E-state index in [0.29, 0.717) is 5.82 Å². The van der Waals surface area contributed by atoms with Crippen LogP contribution in [0.1, 0.15) is 31.3 Å². The molecule has 1 heterocycles. The number of carboxylic acids is 1. The van der Waals surface area contributed by atoms with Gasteiger partial charge in [-0.05, 0) is 37.5 Å². The average molecular weight is 293 g/mol. The molecule has 1 aromatic heterocycles. The highest BCUT2D eigenvalue weighted by atomic mass is 32.2. The molecule has 0 spiro atoms. The molecule has 1 aromatic carbocycles. The Labute approximate surface area is 122 Å². The monoisotopic (exact) mass is 293 g/mol. The van der Waals surface area contributed by atoms with E-state index in [1.165, 1.54) is 0 Å². The number of aromatic nitrogens is 2. The van der Waals surface area contributed by atoms with Gasteiger partial charge in [0.2, 0.25) is 0 Å². The highest BCUT2D eigenvalue weighted by molar-refractivity contribution is 7.98. The van der Waals surface area contributed by atoms with E-state index in [2.05, 4.69) is 4.98 Å². The summed E-state index contributed by atoms with van der Waals surface area (Å²) in [6.45, 7) is 1.65. The molecular weight excluding hydrogens is 274 g/mol. The molecule has 20 heavy (non-hydrogen) atoms. The summed E-state index contributed by atoms with van der Waals surface area (Å²) < 4.78 is 1.74. The maximum absolute atomic E-state index is 11.3. The van der Waals surface area contributed by atoms with E-state index in [1.54, 1.807) is 23.3 Å². The molecule has 0 aliphatic rings. The van der Waals surface area contributed by atoms with Crippen LogP contribution >= 0.6 is 11.8 Å². The lowest BCUT2D eigenvalue weighted by Gasteiger charge is -2.17. The summed E-state index contributed by atoms with van der Waals surface area (Å²) in [5, 5.41) is 9.30. The van der Waals surface area contributed by atoms with Gasteiger partial charge in [-0.1, -0.05) is 12.1 Å². The van der Waals surface area contributed by atoms with Crippen molar-refractivity contribution in [2.75, 3.05) is 12.0 Å². The van der Waals surface area contributed by atoms with Crippen LogP contribution < -0.4 is 5.73 Å². The first-order valence-corrected chi connectivity index (χ1v) is 7.89. The number of nitrogens with two attached hydrogens (primary N) is 1. The molecule has 6 heteroatoms. The van der Waals surface area contributed by atoms with Crippen LogP contribution in [0.2, 0.25) is 0 Å². The van der Waals surface area contributed by atoms with E-state index in [0.717, 1.165) is 23.2 Å². The summed E-state index contributed by atoms with van der Waals surface area (Å²) in [7, 11) is 0. The number of nitrogens with zero attached hydrogens (tertiary/aromatic N) is 2. The van der Waals surface area contributed by atoms with Gasteiger partial charge in [-0.3, -0.25) is 0 Å². The van der Waals surface area contributed by atoms with E-state index < -0.39 is 12.0 Å². The molecule has 0 aliphatic heterocycles. The molecule has 0 fully saturated rings. The molecule has 5 nitrogen and oxygen atoms in total. The quantitative estimate of drug-likeness (QED) is 0.855. The lowest BCUT2D eigenvalue weighted by Crippen LogP contribution is -2.23. The molecular formula is C14H19N3O2S. The molecule has 0 radical (unpaired) electrons. The highest BCUT2D eigenvalue weighted by Crippen LogP contribution is 2.26. The van der Waals surface area contributed by atoms with Crippen molar-refractivity contribution in [1.29, 1.82) is 0 Å². The maximum Gasteiger partial charge on any atom is 0.326 e. The van der Waals surface area contributed by atoms with Crippen molar-refractivity contribution >= 4 is 28.8 Å². The van der Waals surface area contributed by atoms with Crippen LogP contribution in [0, 0.1) is 0 Å². The second-order valence-corrected chi connectivity index (χ2v) is 5.72. The lowest BCUT2D eigenvalue weighted by molar-refractivity contribution is -0.140. The number of aliphatic carboxylic acids is 1. The third-order valence-electron chi connectivity index (χ3n) is 3.33. The standard InChI is InChI=1S/C14H19N3O2S/c1-9(14(18)19)17-12-6-4-3-5-11(12)16-13(17)10(15)7-8-20-2/h3-6,9-10H,7-8,15H2,1-2H3,(H,18,19). The zero-order valence-corrected chi connectivity index (χ0v) is 12.4. The number of fused-ring (bicyclic) bond motifs is 1. The van der Waals surface area contributed by atoms with Crippen molar-refractivity contribution in [3.05, 3.63) is 30.1 Å². The Hall–Kier alpha value is -1.53. The van der Waals surface area contributed by atoms with Gasteiger partial charge in [0.25, 0.3) is 0 Å². The fourth-order valence-corrected chi connectivity index (χ4v) is 2.71. The maximum atomic E-state index is 11.3. The first kappa shape index (κ1) is 14.9. The molecule has 108 valence electrons. The van der Waals surface area contributed by atoms with E-state index in [4.69, 9.17) is 5.73 Å². The summed E-state index contributed by atoms with van der Waals surface area (Å²) in [4.78, 5) is 15.9. The molecule has 2 aromatic rings. The Kier molecular flexibility index (Phi) is 4.67. The van der Waals surface area contributed by atoms with Crippen molar-refractivity contribution < 1.29 is 9.90 Å². The fourth-order valence-electron chi connectivity index (χ4n) is 2.22. The molecule has 3 N–H and O–H groups in total. The third-order valence-corrected chi connectivity index (χ3v) is 3.98. The van der Waals surface area contributed by atoms with Crippen LogP contribution in [-0.2, 0) is 4.79 Å². The van der Waals surface area contributed by atoms with E-state index in [-0.39, 0.29) is 6.04 Å². The lowest BCUT2D eigenvalue weighted by atomic mass is 10.2. The normalized spacial score (nSPS) is 14.3. The smallest absolute Gasteiger partial charge is 0.326 e. The number of para-hydroxylation sites is 2. The molecule has 0 saturated carbocycles. The highest BCUT2D eigenvalue weighted by Gasteiger charge is 2.23. The molecule has 0 aliphatic carbocycles. The van der Waals surface area contributed by atoms with Gasteiger partial charge in [0.05, 0.1) is 17.1 Å². The second kappa shape index (κ2) is 6.28. The van der Waals surface area contributed by atoms with Crippen molar-refractivity contribution in [2.45, 2.75) is 25.4 Å². The minimum absolute atomic E-state index is 0.253. The molecule has 2 unspecified atom stereocenters. The van der Waals surface area contributed by atoms with Gasteiger partial charge >= 0.3 is 5.97 Å². The third kappa shape index (κ3) is 2.81. The van der Waals surface area contributed by atoms with Crippen LogP contribution in [0.3, 0.4) is 0 Å². The number of thioether (sulfide) groups is 1. The first-order valence-electron chi connectivity index (χ1n) is 6.50. The van der Waals surface area contributed by atoms with Crippen LogP contribution in [0.15, 0.2) is 24.3 Å². The Morgan fingerprint density at radius 1 is 1.50 bits per heavy atom. The molecule has 2 rings (SSSR count). The van der Waals surface area contributed by atoms with Gasteiger partial charge in [-0.25, -0.2) is 9.78 Å². The van der Waals surface area contributed by atoms with Gasteiger partial charge in [0.15, 0.2) is 0 Å². The van der Waals surface area contributed by atoms with E-state index in [9.17, 15) is 9.90 Å². The molecule has 0 amide bonds. The minimum atomic E-state index is -0.883. The summed E-state index contributed by atoms with van der Waals surface area (Å²) in [5.74, 6) is 0.688. The zero-order chi connectivity index (χ0) is 14.7. The van der Waals surface area contributed by atoms with Crippen LogP contribution in [0.25, 0.3) is 11.0 Å². The Balaban J connectivity index is 2.52. The van der Waals surface area contributed by atoms with Crippen molar-refractivity contribution in [2.24, 2.45) is 5.73 Å². The zero-order valence-electron chi connectivity index (χ0n) is 11.6. The predicted molar refractivity (Wildman–Crippen MR) is 82.0 cm³/mol. The second-order valence-electron chi connectivity index (χ2n) is 4.73. The first-order chi connectivity index (χ1) is 9.56. The van der Waals surface area contributed by atoms with Crippen molar-refractivity contribution in [3.63, 3.8) is 0 Å². The van der Waals surface area contributed by atoms with Gasteiger partial charge < -0.3 is 15.4 Å². The van der Waals surface area contributed by atoms with Crippen molar-refractivity contribution in [3.8, 4) is 0 Å². The van der Waals surface area contributed by atoms with Gasteiger partial charge in [0.1, 0.15) is 11.9 Å². The minimum Gasteiger partial charge on any atom is -0.480 e. The molecule has 0 saturated heterocycles. The van der Waals surface area contributed by atoms with Crippen LogP contribution in [-0.4, -0.2) is 32.6 Å². The van der Waals surface area contributed by atoms with Crippen LogP contribution in [0.5, 0.6) is 0 Å². The SMILES string of the molecule is CSCCC(N)c1nc2ccccc2n1C(C)C(=O)O. The molecule has 2 atom stereocenters. The van der Waals surface area contributed by atoms with E-state index >= 15 is 0 Å². The van der Waals surface area contributed by atoms with E-state index in [1.807, 2.05) is 30.5 Å². The predicted octanol–water partition coefficient (Wildman–Crippen LogP) is 2.43. The number of carbonyl (C=O) groups is 1. The Morgan fingerprint density at radius 3 is 2.85 bits per heavy atom. The largest absolute Gasteiger partial charge is 0.480 e. The number of imidazole rings is 1. The Bertz CT molecular complexity index is 611. The number of hydrogen-bond donors (Lipinski definition) is 2. The average Bonchev–Trinajstić information content (AvgIpc) is 2.83. The van der Waals surface area contributed by atoms with Gasteiger partial charge in [0, 0.05) is 0 Å². The summed E-state index contributed by atoms with van der Waals surface area (Å²) in [6.07, 6.45) is 2.80. The fraction of sp³-hybridized carbons (Fsp3) is 0.429. The van der Waals surface area contributed by atoms with Crippen LogP contribution in [0.4, 0.5) is 0 Å². The van der Waals surface area contributed by atoms with Gasteiger partial charge in [-0.15, -0.1) is 0 Å². The number of hydrogen-bond acceptors (Lipinski definition) is 4. The number of benzene rings is 1. The Morgan fingerprint density at radius 2 is 2.20 bits per heavy atom. The summed E-state index contributed by atoms with van der Waals surface area (Å²) >= 11 is 1.72. The topological polar surface area (TPSA) is 81.1 Å². The summed E-state index contributed by atoms with van der Waals surface area (Å²) in [6, 6.07) is 6.60.